The normalized spacial score (nSPS) is 16.3. The number of fused-ring (bicyclic) bond motifs is 2. The summed E-state index contributed by atoms with van der Waals surface area (Å²) in [5.74, 6) is -0.414. The Balaban J connectivity index is 1.80. The lowest BCUT2D eigenvalue weighted by molar-refractivity contribution is 0.0756. The van der Waals surface area contributed by atoms with Gasteiger partial charge in [0.15, 0.2) is 9.84 Å². The molecule has 158 valence electrons. The number of rotatable bonds is 2. The fourth-order valence-corrected chi connectivity index (χ4v) is 5.42. The predicted octanol–water partition coefficient (Wildman–Crippen LogP) is 2.81. The Bertz CT molecular complexity index is 1300. The van der Waals surface area contributed by atoms with Crippen molar-refractivity contribution in [2.45, 2.75) is 38.8 Å². The Morgan fingerprint density at radius 2 is 1.83 bits per heavy atom. The topological polar surface area (TPSA) is 92.2 Å². The maximum atomic E-state index is 13.5. The summed E-state index contributed by atoms with van der Waals surface area (Å²) in [6.07, 6.45) is 0. The van der Waals surface area contributed by atoms with Crippen molar-refractivity contribution < 1.29 is 13.2 Å². The van der Waals surface area contributed by atoms with Gasteiger partial charge in [-0.05, 0) is 29.2 Å². The number of H-pyrrole nitrogens is 1. The molecule has 0 atom stereocenters. The van der Waals surface area contributed by atoms with E-state index in [1.807, 2.05) is 20.8 Å². The first-order valence-electron chi connectivity index (χ1n) is 9.88. The Kier molecular flexibility index (Phi) is 4.85. The average Bonchev–Trinajstić information content (AvgIpc) is 2.90. The number of para-hydroxylation sites is 1. The van der Waals surface area contributed by atoms with Gasteiger partial charge in [-0.3, -0.25) is 9.36 Å². The number of imidazole rings is 1. The second-order valence-electron chi connectivity index (χ2n) is 8.93. The molecule has 0 aliphatic carbocycles. The molecular weight excluding hydrogens is 402 g/mol. The molecule has 0 fully saturated rings. The van der Waals surface area contributed by atoms with Gasteiger partial charge in [0.1, 0.15) is 0 Å². The van der Waals surface area contributed by atoms with Crippen molar-refractivity contribution >= 4 is 26.8 Å². The fraction of sp³-hybridized carbons (Fsp3) is 0.364. The number of nitrogens with one attached hydrogen (secondary N) is 1. The van der Waals surface area contributed by atoms with E-state index in [4.69, 9.17) is 0 Å². The number of sulfone groups is 1. The SMILES string of the molecule is CC(C)(C)Cn1c(=O)[nH]c2cccc(C(=O)N3CCS(=O)(=O)c4ccccc4C3)c21. The highest BCUT2D eigenvalue weighted by molar-refractivity contribution is 7.91. The van der Waals surface area contributed by atoms with Gasteiger partial charge in [-0.25, -0.2) is 13.2 Å². The van der Waals surface area contributed by atoms with Gasteiger partial charge in [0.2, 0.25) is 0 Å². The Morgan fingerprint density at radius 3 is 2.57 bits per heavy atom. The summed E-state index contributed by atoms with van der Waals surface area (Å²) in [4.78, 5) is 30.8. The lowest BCUT2D eigenvalue weighted by Crippen LogP contribution is -2.33. The summed E-state index contributed by atoms with van der Waals surface area (Å²) in [5.41, 5.74) is 1.73. The van der Waals surface area contributed by atoms with E-state index in [1.54, 1.807) is 51.9 Å². The van der Waals surface area contributed by atoms with E-state index in [9.17, 15) is 18.0 Å². The fourth-order valence-electron chi connectivity index (χ4n) is 3.92. The van der Waals surface area contributed by atoms with Crippen LogP contribution in [0, 0.1) is 5.41 Å². The van der Waals surface area contributed by atoms with Crippen molar-refractivity contribution in [3.63, 3.8) is 0 Å². The summed E-state index contributed by atoms with van der Waals surface area (Å²) >= 11 is 0. The Hall–Kier alpha value is -2.87. The molecule has 30 heavy (non-hydrogen) atoms. The molecule has 0 spiro atoms. The van der Waals surface area contributed by atoms with Gasteiger partial charge < -0.3 is 9.88 Å². The van der Waals surface area contributed by atoms with Crippen molar-refractivity contribution in [2.75, 3.05) is 12.3 Å². The summed E-state index contributed by atoms with van der Waals surface area (Å²) in [5, 5.41) is 0. The molecule has 0 unspecified atom stereocenters. The third-order valence-electron chi connectivity index (χ3n) is 5.24. The second-order valence-corrected chi connectivity index (χ2v) is 11.0. The molecule has 2 aromatic carbocycles. The van der Waals surface area contributed by atoms with Gasteiger partial charge in [0.25, 0.3) is 5.91 Å². The van der Waals surface area contributed by atoms with E-state index in [1.165, 1.54) is 0 Å². The molecule has 4 rings (SSSR count). The molecule has 0 saturated heterocycles. The molecular formula is C22H25N3O4S. The highest BCUT2D eigenvalue weighted by Gasteiger charge is 2.29. The van der Waals surface area contributed by atoms with Crippen molar-refractivity contribution in [3.8, 4) is 0 Å². The van der Waals surface area contributed by atoms with E-state index < -0.39 is 9.84 Å². The maximum Gasteiger partial charge on any atom is 0.326 e. The van der Waals surface area contributed by atoms with Crippen molar-refractivity contribution in [2.24, 2.45) is 5.41 Å². The highest BCUT2D eigenvalue weighted by Crippen LogP contribution is 2.26. The first kappa shape index (κ1) is 20.4. The summed E-state index contributed by atoms with van der Waals surface area (Å²) in [7, 11) is -3.45. The van der Waals surface area contributed by atoms with Crippen LogP contribution in [0.15, 0.2) is 52.2 Å². The minimum atomic E-state index is -3.45. The number of carbonyl (C=O) groups excluding carboxylic acids is 1. The van der Waals surface area contributed by atoms with E-state index in [0.717, 1.165) is 0 Å². The molecule has 3 aromatic rings. The molecule has 1 aromatic heterocycles. The molecule has 7 nitrogen and oxygen atoms in total. The zero-order chi connectivity index (χ0) is 21.7. The van der Waals surface area contributed by atoms with E-state index in [2.05, 4.69) is 4.98 Å². The number of amides is 1. The maximum absolute atomic E-state index is 13.5. The molecule has 0 bridgehead atoms. The first-order valence-corrected chi connectivity index (χ1v) is 11.5. The van der Waals surface area contributed by atoms with Crippen LogP contribution < -0.4 is 5.69 Å². The second kappa shape index (κ2) is 7.12. The van der Waals surface area contributed by atoms with Gasteiger partial charge >= 0.3 is 5.69 Å². The van der Waals surface area contributed by atoms with Crippen LogP contribution in [0.3, 0.4) is 0 Å². The van der Waals surface area contributed by atoms with Crippen LogP contribution in [0.4, 0.5) is 0 Å². The van der Waals surface area contributed by atoms with Gasteiger partial charge in [-0.2, -0.15) is 0 Å². The van der Waals surface area contributed by atoms with Gasteiger partial charge in [0, 0.05) is 19.6 Å². The number of benzene rings is 2. The van der Waals surface area contributed by atoms with Crippen molar-refractivity contribution in [3.05, 3.63) is 64.1 Å². The van der Waals surface area contributed by atoms with Crippen LogP contribution in [-0.4, -0.2) is 41.1 Å². The summed E-state index contributed by atoms with van der Waals surface area (Å²) in [6, 6.07) is 12.0. The average molecular weight is 428 g/mol. The lowest BCUT2D eigenvalue weighted by atomic mass is 9.96. The summed E-state index contributed by atoms with van der Waals surface area (Å²) < 4.78 is 26.9. The van der Waals surface area contributed by atoms with Crippen LogP contribution >= 0.6 is 0 Å². The quantitative estimate of drug-likeness (QED) is 0.681. The standard InChI is InChI=1S/C22H25N3O4S/c1-22(2,3)14-25-19-16(8-6-9-17(19)23-21(25)27)20(26)24-11-12-30(28,29)18-10-5-4-7-15(18)13-24/h4-10H,11-14H2,1-3H3,(H,23,27). The van der Waals surface area contributed by atoms with Gasteiger partial charge in [0.05, 0.1) is 27.2 Å². The van der Waals surface area contributed by atoms with Crippen molar-refractivity contribution in [1.29, 1.82) is 0 Å². The largest absolute Gasteiger partial charge is 0.333 e. The highest BCUT2D eigenvalue weighted by atomic mass is 32.2. The first-order chi connectivity index (χ1) is 14.1. The number of hydrogen-bond acceptors (Lipinski definition) is 4. The number of carbonyl (C=O) groups is 1. The molecule has 0 saturated carbocycles. The number of aromatic amines is 1. The van der Waals surface area contributed by atoms with E-state index in [-0.39, 0.29) is 40.7 Å². The van der Waals surface area contributed by atoms with Crippen molar-refractivity contribution in [1.82, 2.24) is 14.5 Å². The van der Waals surface area contributed by atoms with Crippen LogP contribution in [0.1, 0.15) is 36.7 Å². The number of nitrogens with zero attached hydrogens (tertiary/aromatic N) is 2. The number of aromatic nitrogens is 2. The molecule has 1 N–H and O–H groups in total. The zero-order valence-electron chi connectivity index (χ0n) is 17.3. The Labute approximate surface area is 175 Å². The Morgan fingerprint density at radius 1 is 1.10 bits per heavy atom. The van der Waals surface area contributed by atoms with E-state index >= 15 is 0 Å². The monoisotopic (exact) mass is 427 g/mol. The molecule has 2 heterocycles. The molecule has 8 heteroatoms. The molecule has 0 radical (unpaired) electrons. The van der Waals surface area contributed by atoms with Crippen LogP contribution in [-0.2, 0) is 22.9 Å². The lowest BCUT2D eigenvalue weighted by Gasteiger charge is -2.22. The van der Waals surface area contributed by atoms with Gasteiger partial charge in [-0.15, -0.1) is 0 Å². The molecule has 1 amide bonds. The summed E-state index contributed by atoms with van der Waals surface area (Å²) in [6.45, 7) is 6.84. The zero-order valence-corrected chi connectivity index (χ0v) is 18.1. The third-order valence-corrected chi connectivity index (χ3v) is 7.03. The van der Waals surface area contributed by atoms with Crippen LogP contribution in [0.5, 0.6) is 0 Å². The van der Waals surface area contributed by atoms with Crippen LogP contribution in [0.25, 0.3) is 11.0 Å². The molecule has 1 aliphatic rings. The smallest absolute Gasteiger partial charge is 0.326 e. The molecule has 1 aliphatic heterocycles. The van der Waals surface area contributed by atoms with Crippen LogP contribution in [0.2, 0.25) is 0 Å². The predicted molar refractivity (Wildman–Crippen MR) is 115 cm³/mol. The minimum Gasteiger partial charge on any atom is -0.333 e. The third kappa shape index (κ3) is 3.67. The minimum absolute atomic E-state index is 0.0974. The number of hydrogen-bond donors (Lipinski definition) is 1. The van der Waals surface area contributed by atoms with Gasteiger partial charge in [-0.1, -0.05) is 45.0 Å². The van der Waals surface area contributed by atoms with E-state index in [0.29, 0.717) is 28.7 Å².